The van der Waals surface area contributed by atoms with Gasteiger partial charge in [0.1, 0.15) is 5.78 Å². The van der Waals surface area contributed by atoms with Crippen LogP contribution in [0.25, 0.3) is 0 Å². The smallest absolute Gasteiger partial charge is 0.219 e. The Bertz CT molecular complexity index is 166. The van der Waals surface area contributed by atoms with Gasteiger partial charge in [-0.05, 0) is 19.3 Å². The molecule has 0 aliphatic rings. The van der Waals surface area contributed by atoms with Crippen LogP contribution in [-0.2, 0) is 9.59 Å². The number of carbonyl (C=O) groups is 2. The maximum absolute atomic E-state index is 11.1. The van der Waals surface area contributed by atoms with Crippen LogP contribution in [0.4, 0.5) is 0 Å². The molecular weight excluding hydrogens is 166 g/mol. The Morgan fingerprint density at radius 1 is 1.08 bits per heavy atom. The lowest BCUT2D eigenvalue weighted by atomic mass is 10.1. The summed E-state index contributed by atoms with van der Waals surface area (Å²) in [6.07, 6.45) is 4.43. The molecular formula is C10H19NO2. The standard InChI is InChI=1S/C10H19NO2/c1-3-6-9(12)7-4-5-8-10(13)11-2/h3-8H2,1-2H3,(H,11,13). The number of rotatable bonds is 7. The number of nitrogens with one attached hydrogen (secondary N) is 1. The van der Waals surface area contributed by atoms with Crippen molar-refractivity contribution in [3.05, 3.63) is 0 Å². The zero-order chi connectivity index (χ0) is 10.1. The zero-order valence-electron chi connectivity index (χ0n) is 8.56. The highest BCUT2D eigenvalue weighted by Crippen LogP contribution is 2.03. The van der Waals surface area contributed by atoms with E-state index in [9.17, 15) is 9.59 Å². The molecule has 3 heteroatoms. The number of carbonyl (C=O) groups excluding carboxylic acids is 2. The lowest BCUT2D eigenvalue weighted by Gasteiger charge is -1.99. The van der Waals surface area contributed by atoms with Gasteiger partial charge < -0.3 is 5.32 Å². The average molecular weight is 185 g/mol. The minimum absolute atomic E-state index is 0.0583. The van der Waals surface area contributed by atoms with Gasteiger partial charge in [-0.1, -0.05) is 6.92 Å². The first-order valence-corrected chi connectivity index (χ1v) is 4.93. The topological polar surface area (TPSA) is 46.2 Å². The molecule has 0 rings (SSSR count). The van der Waals surface area contributed by atoms with Crippen molar-refractivity contribution >= 4 is 11.7 Å². The van der Waals surface area contributed by atoms with Gasteiger partial charge in [-0.25, -0.2) is 0 Å². The summed E-state index contributed by atoms with van der Waals surface area (Å²) in [5, 5.41) is 2.55. The van der Waals surface area contributed by atoms with Gasteiger partial charge in [0, 0.05) is 26.3 Å². The second-order valence-corrected chi connectivity index (χ2v) is 3.17. The molecule has 0 unspecified atom stereocenters. The highest BCUT2D eigenvalue weighted by Gasteiger charge is 2.01. The number of unbranched alkanes of at least 4 members (excludes halogenated alkanes) is 1. The van der Waals surface area contributed by atoms with Crippen LogP contribution >= 0.6 is 0 Å². The predicted octanol–water partition coefficient (Wildman–Crippen LogP) is 1.66. The highest BCUT2D eigenvalue weighted by atomic mass is 16.1. The molecule has 0 radical (unpaired) electrons. The summed E-state index contributed by atoms with van der Waals surface area (Å²) >= 11 is 0. The molecule has 0 aliphatic carbocycles. The van der Waals surface area contributed by atoms with Gasteiger partial charge in [0.2, 0.25) is 5.91 Å². The SMILES string of the molecule is CCCC(=O)CCCCC(=O)NC. The van der Waals surface area contributed by atoms with Gasteiger partial charge in [-0.3, -0.25) is 9.59 Å². The van der Waals surface area contributed by atoms with E-state index in [-0.39, 0.29) is 5.91 Å². The Morgan fingerprint density at radius 2 is 1.69 bits per heavy atom. The third-order valence-corrected chi connectivity index (χ3v) is 1.92. The molecule has 0 atom stereocenters. The van der Waals surface area contributed by atoms with Crippen LogP contribution in [0.2, 0.25) is 0 Å². The number of hydrogen-bond donors (Lipinski definition) is 1. The van der Waals surface area contributed by atoms with E-state index in [2.05, 4.69) is 5.32 Å². The Hall–Kier alpha value is -0.860. The Morgan fingerprint density at radius 3 is 2.23 bits per heavy atom. The van der Waals surface area contributed by atoms with Gasteiger partial charge in [0.05, 0.1) is 0 Å². The summed E-state index contributed by atoms with van der Waals surface area (Å²) < 4.78 is 0. The summed E-state index contributed by atoms with van der Waals surface area (Å²) in [4.78, 5) is 21.8. The minimum Gasteiger partial charge on any atom is -0.359 e. The van der Waals surface area contributed by atoms with Crippen LogP contribution in [0, 0.1) is 0 Å². The second-order valence-electron chi connectivity index (χ2n) is 3.17. The highest BCUT2D eigenvalue weighted by molar-refractivity contribution is 5.78. The molecule has 0 fully saturated rings. The first-order valence-electron chi connectivity index (χ1n) is 4.93. The van der Waals surface area contributed by atoms with Crippen molar-refractivity contribution in [2.45, 2.75) is 45.4 Å². The Kier molecular flexibility index (Phi) is 7.26. The first kappa shape index (κ1) is 12.1. The van der Waals surface area contributed by atoms with Gasteiger partial charge in [-0.15, -0.1) is 0 Å². The third kappa shape index (κ3) is 7.50. The van der Waals surface area contributed by atoms with Crippen molar-refractivity contribution in [1.82, 2.24) is 5.32 Å². The molecule has 0 aromatic carbocycles. The molecule has 1 N–H and O–H groups in total. The van der Waals surface area contributed by atoms with E-state index >= 15 is 0 Å². The first-order chi connectivity index (χ1) is 6.20. The lowest BCUT2D eigenvalue weighted by Crippen LogP contribution is -2.17. The molecule has 0 heterocycles. The van der Waals surface area contributed by atoms with Gasteiger partial charge >= 0.3 is 0 Å². The van der Waals surface area contributed by atoms with Crippen LogP contribution in [0.1, 0.15) is 45.4 Å². The number of amides is 1. The van der Waals surface area contributed by atoms with Crippen LogP contribution in [0.15, 0.2) is 0 Å². The van der Waals surface area contributed by atoms with E-state index in [1.165, 1.54) is 0 Å². The maximum atomic E-state index is 11.1. The predicted molar refractivity (Wildman–Crippen MR) is 52.4 cm³/mol. The Labute approximate surface area is 79.9 Å². The monoisotopic (exact) mass is 185 g/mol. The van der Waals surface area contributed by atoms with Gasteiger partial charge in [0.25, 0.3) is 0 Å². The largest absolute Gasteiger partial charge is 0.359 e. The average Bonchev–Trinajstić information content (AvgIpc) is 2.12. The molecule has 76 valence electrons. The lowest BCUT2D eigenvalue weighted by molar-refractivity contribution is -0.121. The summed E-state index contributed by atoms with van der Waals surface area (Å²) in [6, 6.07) is 0. The fraction of sp³-hybridized carbons (Fsp3) is 0.800. The summed E-state index contributed by atoms with van der Waals surface area (Å²) in [5.41, 5.74) is 0. The molecule has 0 aromatic rings. The molecule has 0 spiro atoms. The van der Waals surface area contributed by atoms with Crippen LogP contribution in [0.5, 0.6) is 0 Å². The van der Waals surface area contributed by atoms with Crippen LogP contribution < -0.4 is 5.32 Å². The van der Waals surface area contributed by atoms with Crippen molar-refractivity contribution in [3.8, 4) is 0 Å². The van der Waals surface area contributed by atoms with E-state index in [4.69, 9.17) is 0 Å². The molecule has 0 aliphatic heterocycles. The molecule has 1 amide bonds. The zero-order valence-corrected chi connectivity index (χ0v) is 8.56. The number of Topliss-reactive ketones (excluding diaryl/α,β-unsaturated/α-hetero) is 1. The molecule has 0 saturated heterocycles. The molecule has 0 bridgehead atoms. The van der Waals surface area contributed by atoms with Crippen molar-refractivity contribution in [2.24, 2.45) is 0 Å². The van der Waals surface area contributed by atoms with Crippen molar-refractivity contribution in [1.29, 1.82) is 0 Å². The second kappa shape index (κ2) is 7.77. The Balaban J connectivity index is 3.25. The van der Waals surface area contributed by atoms with E-state index in [0.29, 0.717) is 25.0 Å². The van der Waals surface area contributed by atoms with E-state index in [1.54, 1.807) is 7.05 Å². The van der Waals surface area contributed by atoms with Gasteiger partial charge in [-0.2, -0.15) is 0 Å². The van der Waals surface area contributed by atoms with Crippen molar-refractivity contribution < 1.29 is 9.59 Å². The van der Waals surface area contributed by atoms with E-state index in [1.807, 2.05) is 6.92 Å². The summed E-state index contributed by atoms with van der Waals surface area (Å²) in [5.74, 6) is 0.377. The number of hydrogen-bond acceptors (Lipinski definition) is 2. The fourth-order valence-electron chi connectivity index (χ4n) is 1.14. The molecule has 13 heavy (non-hydrogen) atoms. The third-order valence-electron chi connectivity index (χ3n) is 1.92. The normalized spacial score (nSPS) is 9.69. The molecule has 0 saturated carbocycles. The maximum Gasteiger partial charge on any atom is 0.219 e. The van der Waals surface area contributed by atoms with Crippen LogP contribution in [-0.4, -0.2) is 18.7 Å². The quantitative estimate of drug-likeness (QED) is 0.613. The molecule has 3 nitrogen and oxygen atoms in total. The van der Waals surface area contributed by atoms with Crippen LogP contribution in [0.3, 0.4) is 0 Å². The van der Waals surface area contributed by atoms with Crippen molar-refractivity contribution in [2.75, 3.05) is 7.05 Å². The minimum atomic E-state index is 0.0583. The summed E-state index contributed by atoms with van der Waals surface area (Å²) in [6.45, 7) is 2.00. The summed E-state index contributed by atoms with van der Waals surface area (Å²) in [7, 11) is 1.63. The van der Waals surface area contributed by atoms with Gasteiger partial charge in [0.15, 0.2) is 0 Å². The van der Waals surface area contributed by atoms with E-state index in [0.717, 1.165) is 19.3 Å². The van der Waals surface area contributed by atoms with E-state index < -0.39 is 0 Å². The van der Waals surface area contributed by atoms with Crippen molar-refractivity contribution in [3.63, 3.8) is 0 Å². The fourth-order valence-corrected chi connectivity index (χ4v) is 1.14. The molecule has 0 aromatic heterocycles. The number of ketones is 1.